The number of allylic oxidation sites excluding steroid dienone is 2. The number of nitrogens with one attached hydrogen (secondary N) is 2. The van der Waals surface area contributed by atoms with Crippen molar-refractivity contribution < 1.29 is 0 Å². The Kier molecular flexibility index (Phi) is 11.6. The van der Waals surface area contributed by atoms with Gasteiger partial charge in [-0.15, -0.1) is 0 Å². The average Bonchev–Trinajstić information content (AvgIpc) is 2.61. The van der Waals surface area contributed by atoms with E-state index in [0.717, 1.165) is 19.1 Å². The van der Waals surface area contributed by atoms with Gasteiger partial charge in [0.15, 0.2) is 0 Å². The smallest absolute Gasteiger partial charge is 0.0652 e. The molecule has 0 aromatic carbocycles. The highest BCUT2D eigenvalue weighted by Gasteiger charge is 2.29. The highest BCUT2D eigenvalue weighted by Crippen LogP contribution is 2.41. The molecule has 27 heavy (non-hydrogen) atoms. The summed E-state index contributed by atoms with van der Waals surface area (Å²) >= 11 is 0. The lowest BCUT2D eigenvalue weighted by Gasteiger charge is -2.36. The van der Waals surface area contributed by atoms with E-state index in [1.54, 1.807) is 11.3 Å². The highest BCUT2D eigenvalue weighted by atomic mass is 15.1. The maximum absolute atomic E-state index is 3.79. The Bertz CT molecular complexity index is 420. The molecule has 1 rings (SSSR count). The fraction of sp³-hybridized carbons (Fsp3) is 0.917. The summed E-state index contributed by atoms with van der Waals surface area (Å²) in [6.07, 6.45) is 13.0. The van der Waals surface area contributed by atoms with Crippen LogP contribution in [0.3, 0.4) is 0 Å². The lowest BCUT2D eigenvalue weighted by Crippen LogP contribution is -2.39. The summed E-state index contributed by atoms with van der Waals surface area (Å²) in [5.41, 5.74) is 3.71. The van der Waals surface area contributed by atoms with Crippen molar-refractivity contribution in [2.45, 2.75) is 105 Å². The van der Waals surface area contributed by atoms with E-state index in [2.05, 4.69) is 64.2 Å². The first-order valence-electron chi connectivity index (χ1n) is 11.6. The minimum Gasteiger partial charge on any atom is -0.376 e. The molecule has 0 saturated carbocycles. The molecular weight excluding hydrogens is 330 g/mol. The quantitative estimate of drug-likeness (QED) is 0.307. The van der Waals surface area contributed by atoms with Crippen molar-refractivity contribution in [1.29, 1.82) is 0 Å². The second kappa shape index (κ2) is 12.8. The molecule has 0 heterocycles. The van der Waals surface area contributed by atoms with Gasteiger partial charge >= 0.3 is 0 Å². The second-order valence-corrected chi connectivity index (χ2v) is 9.95. The molecule has 0 bridgehead atoms. The van der Waals surface area contributed by atoms with Crippen LogP contribution in [0.15, 0.2) is 11.3 Å². The summed E-state index contributed by atoms with van der Waals surface area (Å²) in [6.45, 7) is 13.9. The molecule has 3 heteroatoms. The van der Waals surface area contributed by atoms with Crippen molar-refractivity contribution >= 4 is 0 Å². The minimum atomic E-state index is 0.429. The predicted octanol–water partition coefficient (Wildman–Crippen LogP) is 5.92. The van der Waals surface area contributed by atoms with Crippen molar-refractivity contribution in [3.05, 3.63) is 11.3 Å². The average molecular weight is 380 g/mol. The summed E-state index contributed by atoms with van der Waals surface area (Å²) in [5.74, 6) is 0.834. The first kappa shape index (κ1) is 24.5. The number of unbranched alkanes of at least 4 members (excludes halogenated alkanes) is 3. The molecule has 0 fully saturated rings. The van der Waals surface area contributed by atoms with Crippen molar-refractivity contribution in [1.82, 2.24) is 15.5 Å². The van der Waals surface area contributed by atoms with Crippen LogP contribution in [0.25, 0.3) is 0 Å². The topological polar surface area (TPSA) is 27.3 Å². The van der Waals surface area contributed by atoms with Crippen LogP contribution in [0, 0.1) is 11.3 Å². The molecule has 0 saturated heterocycles. The first-order valence-corrected chi connectivity index (χ1v) is 11.6. The van der Waals surface area contributed by atoms with Crippen LogP contribution in [-0.2, 0) is 0 Å². The Balaban J connectivity index is 2.60. The normalized spacial score (nSPS) is 19.6. The van der Waals surface area contributed by atoms with Gasteiger partial charge in [0.1, 0.15) is 0 Å². The molecule has 160 valence electrons. The Morgan fingerprint density at radius 2 is 1.85 bits per heavy atom. The third kappa shape index (κ3) is 9.99. The van der Waals surface area contributed by atoms with E-state index in [9.17, 15) is 0 Å². The van der Waals surface area contributed by atoms with Gasteiger partial charge in [-0.1, -0.05) is 59.5 Å². The van der Waals surface area contributed by atoms with Crippen molar-refractivity contribution in [2.75, 3.05) is 27.3 Å². The Morgan fingerprint density at radius 3 is 2.44 bits per heavy atom. The van der Waals surface area contributed by atoms with Gasteiger partial charge in [0.05, 0.1) is 6.67 Å². The van der Waals surface area contributed by atoms with E-state index in [1.165, 1.54) is 64.2 Å². The summed E-state index contributed by atoms with van der Waals surface area (Å²) in [4.78, 5) is 2.28. The zero-order chi connectivity index (χ0) is 20.3. The monoisotopic (exact) mass is 379 g/mol. The zero-order valence-corrected chi connectivity index (χ0v) is 19.6. The number of hydrogen-bond acceptors (Lipinski definition) is 3. The molecule has 2 atom stereocenters. The van der Waals surface area contributed by atoms with E-state index in [0.29, 0.717) is 11.5 Å². The fourth-order valence-electron chi connectivity index (χ4n) is 4.16. The summed E-state index contributed by atoms with van der Waals surface area (Å²) in [5, 5.41) is 7.53. The van der Waals surface area contributed by atoms with E-state index < -0.39 is 0 Å². The van der Waals surface area contributed by atoms with E-state index in [1.807, 2.05) is 0 Å². The lowest BCUT2D eigenvalue weighted by atomic mass is 9.71. The molecule has 0 radical (unpaired) electrons. The van der Waals surface area contributed by atoms with E-state index in [-0.39, 0.29) is 0 Å². The van der Waals surface area contributed by atoms with Gasteiger partial charge in [-0.05, 0) is 76.9 Å². The van der Waals surface area contributed by atoms with Gasteiger partial charge < -0.3 is 10.2 Å². The molecule has 0 spiro atoms. The largest absolute Gasteiger partial charge is 0.376 e. The van der Waals surface area contributed by atoms with Crippen LogP contribution in [0.1, 0.15) is 98.8 Å². The van der Waals surface area contributed by atoms with Gasteiger partial charge in [0.2, 0.25) is 0 Å². The van der Waals surface area contributed by atoms with E-state index >= 15 is 0 Å². The summed E-state index contributed by atoms with van der Waals surface area (Å²) < 4.78 is 0. The standard InChI is InChI=1S/C24H49N3/c1-8-10-11-12-13-20-18-21(24(3,4)5)14-15-23(20)26-19-25-22(9-2)16-17-27(6)7/h21-22,25-26H,8-19H2,1-7H3/t21?,22-/m0/s1. The van der Waals surface area contributed by atoms with Gasteiger partial charge in [0.25, 0.3) is 0 Å². The van der Waals surface area contributed by atoms with E-state index in [4.69, 9.17) is 0 Å². The predicted molar refractivity (Wildman–Crippen MR) is 121 cm³/mol. The van der Waals surface area contributed by atoms with Crippen LogP contribution in [0.5, 0.6) is 0 Å². The first-order chi connectivity index (χ1) is 12.8. The summed E-state index contributed by atoms with van der Waals surface area (Å²) in [7, 11) is 4.32. The van der Waals surface area contributed by atoms with Crippen molar-refractivity contribution in [2.24, 2.45) is 11.3 Å². The second-order valence-electron chi connectivity index (χ2n) is 9.95. The number of hydrogen-bond donors (Lipinski definition) is 2. The Morgan fingerprint density at radius 1 is 1.11 bits per heavy atom. The summed E-state index contributed by atoms with van der Waals surface area (Å²) in [6, 6.07) is 0.611. The molecule has 1 unspecified atom stereocenters. The molecule has 0 aromatic heterocycles. The number of rotatable bonds is 13. The van der Waals surface area contributed by atoms with Crippen LogP contribution in [0.2, 0.25) is 0 Å². The van der Waals surface area contributed by atoms with Gasteiger partial charge in [-0.2, -0.15) is 0 Å². The Hall–Kier alpha value is -0.540. The minimum absolute atomic E-state index is 0.429. The molecule has 1 aliphatic carbocycles. The van der Waals surface area contributed by atoms with Crippen LogP contribution in [-0.4, -0.2) is 38.3 Å². The zero-order valence-electron chi connectivity index (χ0n) is 19.6. The van der Waals surface area contributed by atoms with Gasteiger partial charge in [-0.3, -0.25) is 5.32 Å². The Labute approximate surface area is 170 Å². The van der Waals surface area contributed by atoms with Crippen LogP contribution < -0.4 is 10.6 Å². The molecular formula is C24H49N3. The molecule has 0 aromatic rings. The van der Waals surface area contributed by atoms with Gasteiger partial charge in [-0.25, -0.2) is 0 Å². The number of nitrogens with zero attached hydrogens (tertiary/aromatic N) is 1. The fourth-order valence-corrected chi connectivity index (χ4v) is 4.16. The van der Waals surface area contributed by atoms with Gasteiger partial charge in [0, 0.05) is 11.7 Å². The molecule has 3 nitrogen and oxygen atoms in total. The maximum atomic E-state index is 3.79. The SMILES string of the molecule is CCCCCCC1=C(NCN[C@@H](CC)CCN(C)C)CCC(C(C)(C)C)C1. The molecule has 1 aliphatic rings. The third-order valence-corrected chi connectivity index (χ3v) is 6.33. The molecule has 0 aliphatic heterocycles. The van der Waals surface area contributed by atoms with Crippen molar-refractivity contribution in [3.63, 3.8) is 0 Å². The lowest BCUT2D eigenvalue weighted by molar-refractivity contribution is 0.210. The molecule has 2 N–H and O–H groups in total. The van der Waals surface area contributed by atoms with Crippen molar-refractivity contribution in [3.8, 4) is 0 Å². The molecule has 0 amide bonds. The third-order valence-electron chi connectivity index (χ3n) is 6.33. The van der Waals surface area contributed by atoms with Crippen LogP contribution >= 0.6 is 0 Å². The van der Waals surface area contributed by atoms with Crippen LogP contribution in [0.4, 0.5) is 0 Å². The highest BCUT2D eigenvalue weighted by molar-refractivity contribution is 5.17. The maximum Gasteiger partial charge on any atom is 0.0652 e.